The van der Waals surface area contributed by atoms with Gasteiger partial charge in [-0.05, 0) is 42.3 Å². The Morgan fingerprint density at radius 2 is 1.83 bits per heavy atom. The van der Waals surface area contributed by atoms with Crippen LogP contribution in [0.1, 0.15) is 18.5 Å². The van der Waals surface area contributed by atoms with Crippen LogP contribution in [0.5, 0.6) is 0 Å². The van der Waals surface area contributed by atoms with Crippen LogP contribution in [-0.4, -0.2) is 0 Å². The molecule has 2 aromatic rings. The van der Waals surface area contributed by atoms with Crippen molar-refractivity contribution in [3.8, 4) is 11.1 Å². The molecule has 0 aliphatic rings. The molecular formula is C14H12ClF2N. The zero-order valence-electron chi connectivity index (χ0n) is 9.75. The summed E-state index contributed by atoms with van der Waals surface area (Å²) in [6.07, 6.45) is 0. The van der Waals surface area contributed by atoms with E-state index < -0.39 is 11.6 Å². The van der Waals surface area contributed by atoms with Gasteiger partial charge in [-0.15, -0.1) is 0 Å². The third kappa shape index (κ3) is 2.52. The molecule has 2 rings (SSSR count). The van der Waals surface area contributed by atoms with Crippen LogP contribution in [0, 0.1) is 11.6 Å². The Morgan fingerprint density at radius 3 is 2.44 bits per heavy atom. The highest BCUT2D eigenvalue weighted by Gasteiger charge is 2.10. The number of nitrogens with two attached hydrogens (primary N) is 1. The minimum Gasteiger partial charge on any atom is -0.324 e. The summed E-state index contributed by atoms with van der Waals surface area (Å²) in [4.78, 5) is 0. The van der Waals surface area contributed by atoms with E-state index in [1.807, 2.05) is 6.92 Å². The fourth-order valence-electron chi connectivity index (χ4n) is 1.78. The molecule has 18 heavy (non-hydrogen) atoms. The van der Waals surface area contributed by atoms with Crippen molar-refractivity contribution in [3.63, 3.8) is 0 Å². The number of halogens is 3. The van der Waals surface area contributed by atoms with Crippen molar-refractivity contribution in [1.29, 1.82) is 0 Å². The molecule has 1 unspecified atom stereocenters. The van der Waals surface area contributed by atoms with Crippen molar-refractivity contribution in [2.24, 2.45) is 5.73 Å². The molecule has 0 fully saturated rings. The number of benzene rings is 2. The van der Waals surface area contributed by atoms with Crippen LogP contribution in [0.3, 0.4) is 0 Å². The topological polar surface area (TPSA) is 26.0 Å². The molecule has 0 spiro atoms. The Hall–Kier alpha value is -1.45. The molecule has 2 aromatic carbocycles. The van der Waals surface area contributed by atoms with Gasteiger partial charge in [0.25, 0.3) is 0 Å². The maximum Gasteiger partial charge on any atom is 0.131 e. The largest absolute Gasteiger partial charge is 0.324 e. The Balaban J connectivity index is 2.52. The molecule has 0 aromatic heterocycles. The van der Waals surface area contributed by atoms with E-state index >= 15 is 0 Å². The highest BCUT2D eigenvalue weighted by Crippen LogP contribution is 2.30. The van der Waals surface area contributed by atoms with Gasteiger partial charge in [0.05, 0.1) is 0 Å². The fourth-order valence-corrected chi connectivity index (χ4v) is 2.14. The van der Waals surface area contributed by atoms with Crippen LogP contribution in [0.15, 0.2) is 36.4 Å². The third-order valence-corrected chi connectivity index (χ3v) is 3.06. The molecule has 0 amide bonds. The molecule has 0 saturated heterocycles. The summed E-state index contributed by atoms with van der Waals surface area (Å²) >= 11 is 6.07. The van der Waals surface area contributed by atoms with Gasteiger partial charge < -0.3 is 5.73 Å². The minimum absolute atomic E-state index is 0.188. The molecule has 1 nitrogen and oxygen atoms in total. The summed E-state index contributed by atoms with van der Waals surface area (Å²) in [6, 6.07) is 8.12. The first kappa shape index (κ1) is 13.0. The summed E-state index contributed by atoms with van der Waals surface area (Å²) in [6.45, 7) is 1.81. The van der Waals surface area contributed by atoms with Crippen molar-refractivity contribution < 1.29 is 8.78 Å². The minimum atomic E-state index is -0.487. The predicted molar refractivity (Wildman–Crippen MR) is 69.4 cm³/mol. The molecule has 0 saturated carbocycles. The van der Waals surface area contributed by atoms with Gasteiger partial charge in [0.1, 0.15) is 11.6 Å². The van der Waals surface area contributed by atoms with Crippen LogP contribution in [0.2, 0.25) is 5.02 Å². The van der Waals surface area contributed by atoms with E-state index in [2.05, 4.69) is 0 Å². The molecule has 2 N–H and O–H groups in total. The van der Waals surface area contributed by atoms with Crippen molar-refractivity contribution in [3.05, 3.63) is 58.6 Å². The van der Waals surface area contributed by atoms with Crippen molar-refractivity contribution in [2.45, 2.75) is 13.0 Å². The van der Waals surface area contributed by atoms with E-state index in [9.17, 15) is 8.78 Å². The molecule has 1 atom stereocenters. The molecule has 0 bridgehead atoms. The van der Waals surface area contributed by atoms with Gasteiger partial charge in [0.15, 0.2) is 0 Å². The van der Waals surface area contributed by atoms with Crippen LogP contribution < -0.4 is 5.73 Å². The monoisotopic (exact) mass is 267 g/mol. The van der Waals surface area contributed by atoms with Gasteiger partial charge in [-0.2, -0.15) is 0 Å². The average molecular weight is 268 g/mol. The number of hydrogen-bond donors (Lipinski definition) is 1. The first-order chi connectivity index (χ1) is 8.49. The van der Waals surface area contributed by atoms with E-state index in [4.69, 9.17) is 17.3 Å². The molecule has 0 radical (unpaired) electrons. The highest BCUT2D eigenvalue weighted by molar-refractivity contribution is 6.31. The third-order valence-electron chi connectivity index (χ3n) is 2.73. The van der Waals surface area contributed by atoms with Crippen LogP contribution >= 0.6 is 11.6 Å². The van der Waals surface area contributed by atoms with Gasteiger partial charge in [0.2, 0.25) is 0 Å². The predicted octanol–water partition coefficient (Wildman–Crippen LogP) is 4.30. The van der Waals surface area contributed by atoms with Gasteiger partial charge in [0, 0.05) is 16.6 Å². The lowest BCUT2D eigenvalue weighted by Gasteiger charge is -2.10. The van der Waals surface area contributed by atoms with E-state index in [0.717, 1.165) is 23.8 Å². The fraction of sp³-hybridized carbons (Fsp3) is 0.143. The highest BCUT2D eigenvalue weighted by atomic mass is 35.5. The lowest BCUT2D eigenvalue weighted by molar-refractivity contribution is 0.603. The van der Waals surface area contributed by atoms with Gasteiger partial charge in [-0.1, -0.05) is 23.7 Å². The van der Waals surface area contributed by atoms with Gasteiger partial charge in [-0.3, -0.25) is 0 Å². The average Bonchev–Trinajstić information content (AvgIpc) is 2.31. The molecule has 94 valence electrons. The maximum atomic E-state index is 13.6. The van der Waals surface area contributed by atoms with E-state index in [1.54, 1.807) is 18.2 Å². The molecule has 4 heteroatoms. The van der Waals surface area contributed by atoms with E-state index in [0.29, 0.717) is 10.6 Å². The van der Waals surface area contributed by atoms with E-state index in [1.165, 1.54) is 0 Å². The Morgan fingerprint density at radius 1 is 1.11 bits per heavy atom. The zero-order chi connectivity index (χ0) is 13.3. The van der Waals surface area contributed by atoms with Crippen molar-refractivity contribution >= 4 is 11.6 Å². The van der Waals surface area contributed by atoms with Crippen LogP contribution in [0.25, 0.3) is 11.1 Å². The molecule has 0 aliphatic heterocycles. The zero-order valence-corrected chi connectivity index (χ0v) is 10.5. The van der Waals surface area contributed by atoms with Gasteiger partial charge >= 0.3 is 0 Å². The Bertz CT molecular complexity index is 582. The van der Waals surface area contributed by atoms with Crippen LogP contribution in [-0.2, 0) is 0 Å². The van der Waals surface area contributed by atoms with Gasteiger partial charge in [-0.25, -0.2) is 8.78 Å². The second-order valence-corrected chi connectivity index (χ2v) is 4.56. The summed E-state index contributed by atoms with van der Waals surface area (Å²) in [5.41, 5.74) is 7.23. The quantitative estimate of drug-likeness (QED) is 0.862. The number of hydrogen-bond acceptors (Lipinski definition) is 1. The van der Waals surface area contributed by atoms with Crippen LogP contribution in [0.4, 0.5) is 8.78 Å². The normalized spacial score (nSPS) is 12.5. The lowest BCUT2D eigenvalue weighted by atomic mass is 10.0. The molecule has 0 aliphatic carbocycles. The standard InChI is InChI=1S/C14H12ClF2N/c1-8(18)11-4-2-9(6-13(11)15)12-7-10(16)3-5-14(12)17/h2-8H,18H2,1H3. The first-order valence-corrected chi connectivity index (χ1v) is 5.87. The summed E-state index contributed by atoms with van der Waals surface area (Å²) in [5.74, 6) is -0.972. The van der Waals surface area contributed by atoms with E-state index in [-0.39, 0.29) is 11.6 Å². The summed E-state index contributed by atoms with van der Waals surface area (Å²) < 4.78 is 26.7. The number of rotatable bonds is 2. The smallest absolute Gasteiger partial charge is 0.131 e. The second kappa shape index (κ2) is 5.04. The molecular weight excluding hydrogens is 256 g/mol. The Kier molecular flexibility index (Phi) is 3.64. The SMILES string of the molecule is CC(N)c1ccc(-c2cc(F)ccc2F)cc1Cl. The summed E-state index contributed by atoms with van der Waals surface area (Å²) in [7, 11) is 0. The first-order valence-electron chi connectivity index (χ1n) is 5.49. The van der Waals surface area contributed by atoms with Crippen molar-refractivity contribution in [1.82, 2.24) is 0 Å². The lowest BCUT2D eigenvalue weighted by Crippen LogP contribution is -2.05. The molecule has 0 heterocycles. The maximum absolute atomic E-state index is 13.6. The van der Waals surface area contributed by atoms with Crippen molar-refractivity contribution in [2.75, 3.05) is 0 Å². The summed E-state index contributed by atoms with van der Waals surface area (Å²) in [5, 5.41) is 0.450. The Labute approximate surface area is 109 Å². The second-order valence-electron chi connectivity index (χ2n) is 4.15.